The minimum atomic E-state index is -1.09. The topological polar surface area (TPSA) is 76.3 Å². The molecule has 0 spiro atoms. The number of benzene rings is 1. The monoisotopic (exact) mass is 260 g/mol. The lowest BCUT2D eigenvalue weighted by molar-refractivity contribution is 0.142. The largest absolute Gasteiger partial charge is 0.506 e. The second-order valence-corrected chi connectivity index (χ2v) is 5.15. The number of nitrogens with zero attached hydrogens (tertiary/aromatic N) is 1. The summed E-state index contributed by atoms with van der Waals surface area (Å²) in [6, 6.07) is 3.65. The highest BCUT2D eigenvalue weighted by molar-refractivity contribution is 6.16. The number of anilines is 1. The highest BCUT2D eigenvalue weighted by Gasteiger charge is 2.42. The number of aliphatic hydroxyl groups is 1. The predicted octanol–water partition coefficient (Wildman–Crippen LogP) is 1.89. The molecule has 4 nitrogen and oxygen atoms in total. The molecule has 2 atom stereocenters. The summed E-state index contributed by atoms with van der Waals surface area (Å²) < 4.78 is 13.2. The summed E-state index contributed by atoms with van der Waals surface area (Å²) in [6.07, 6.45) is 0.803. The van der Waals surface area contributed by atoms with Crippen molar-refractivity contribution in [2.45, 2.75) is 31.3 Å². The molecule has 1 saturated carbocycles. The zero-order chi connectivity index (χ0) is 14.2. The Bertz CT molecular complexity index is 538. The number of halogens is 1. The molecule has 3 N–H and O–H groups in total. The summed E-state index contributed by atoms with van der Waals surface area (Å²) in [4.78, 5) is 0. The average molecular weight is 260 g/mol. The number of hydrogen-bond donors (Lipinski definition) is 3. The van der Waals surface area contributed by atoms with Crippen LogP contribution in [0.15, 0.2) is 12.1 Å². The van der Waals surface area contributed by atoms with Crippen LogP contribution in [-0.4, -0.2) is 24.3 Å². The lowest BCUT2D eigenvalue weighted by Crippen LogP contribution is -2.34. The Morgan fingerprint density at radius 3 is 2.74 bits per heavy atom. The van der Waals surface area contributed by atoms with Crippen LogP contribution in [-0.2, 0) is 0 Å². The molecule has 1 aliphatic carbocycles. The SMILES string of the molecule is [B]C(C)(C1CC1)C(O)Nc1cc(C#N)c(F)cc1O. The van der Waals surface area contributed by atoms with E-state index in [0.29, 0.717) is 0 Å². The van der Waals surface area contributed by atoms with Crippen LogP contribution in [0.4, 0.5) is 10.1 Å². The highest BCUT2D eigenvalue weighted by Crippen LogP contribution is 2.50. The molecule has 98 valence electrons. The van der Waals surface area contributed by atoms with Crippen molar-refractivity contribution in [1.82, 2.24) is 0 Å². The van der Waals surface area contributed by atoms with E-state index in [4.69, 9.17) is 13.1 Å². The number of rotatable bonds is 4. The zero-order valence-electron chi connectivity index (χ0n) is 10.5. The second kappa shape index (κ2) is 4.74. The van der Waals surface area contributed by atoms with Gasteiger partial charge in [0, 0.05) is 6.07 Å². The first kappa shape index (κ1) is 13.7. The number of phenols is 1. The second-order valence-electron chi connectivity index (χ2n) is 5.15. The van der Waals surface area contributed by atoms with Gasteiger partial charge in [-0.3, -0.25) is 0 Å². The normalized spacial score (nSPS) is 19.3. The number of nitriles is 1. The maximum Gasteiger partial charge on any atom is 0.144 e. The lowest BCUT2D eigenvalue weighted by Gasteiger charge is -2.32. The summed E-state index contributed by atoms with van der Waals surface area (Å²) in [5, 5.41) is 30.2. The van der Waals surface area contributed by atoms with Crippen molar-refractivity contribution in [3.8, 4) is 11.8 Å². The molecule has 6 heteroatoms. The number of phenolic OH excluding ortho intramolecular Hbond substituents is 1. The molecule has 0 saturated heterocycles. The van der Waals surface area contributed by atoms with Crippen molar-refractivity contribution in [2.75, 3.05) is 5.32 Å². The number of aromatic hydroxyl groups is 1. The van der Waals surface area contributed by atoms with Gasteiger partial charge in [0.25, 0.3) is 0 Å². The minimum absolute atomic E-state index is 0.0859. The molecular weight excluding hydrogens is 246 g/mol. The van der Waals surface area contributed by atoms with Crippen molar-refractivity contribution in [1.29, 1.82) is 5.26 Å². The van der Waals surface area contributed by atoms with Crippen LogP contribution in [0, 0.1) is 23.1 Å². The fourth-order valence-electron chi connectivity index (χ4n) is 2.00. The zero-order valence-corrected chi connectivity index (χ0v) is 10.5. The predicted molar refractivity (Wildman–Crippen MR) is 69.3 cm³/mol. The molecule has 0 aromatic heterocycles. The van der Waals surface area contributed by atoms with Gasteiger partial charge in [-0.05, 0) is 17.3 Å². The molecule has 2 rings (SSSR count). The van der Waals surface area contributed by atoms with Gasteiger partial charge >= 0.3 is 0 Å². The summed E-state index contributed by atoms with van der Waals surface area (Å²) in [5.41, 5.74) is -0.125. The summed E-state index contributed by atoms with van der Waals surface area (Å²) in [6.45, 7) is 1.72. The molecule has 1 fully saturated rings. The summed E-state index contributed by atoms with van der Waals surface area (Å²) >= 11 is 0. The molecular formula is C13H14BFN2O2. The highest BCUT2D eigenvalue weighted by atomic mass is 19.1. The van der Waals surface area contributed by atoms with E-state index in [9.17, 15) is 14.6 Å². The van der Waals surface area contributed by atoms with E-state index in [1.165, 1.54) is 0 Å². The smallest absolute Gasteiger partial charge is 0.144 e. The van der Waals surface area contributed by atoms with Crippen LogP contribution < -0.4 is 5.32 Å². The first-order valence-corrected chi connectivity index (χ1v) is 6.02. The van der Waals surface area contributed by atoms with Crippen molar-refractivity contribution >= 4 is 13.5 Å². The van der Waals surface area contributed by atoms with Crippen LogP contribution in [0.1, 0.15) is 25.3 Å². The van der Waals surface area contributed by atoms with Gasteiger partial charge in [-0.2, -0.15) is 5.26 Å². The third-order valence-electron chi connectivity index (χ3n) is 3.54. The van der Waals surface area contributed by atoms with Gasteiger partial charge in [-0.15, -0.1) is 0 Å². The molecule has 1 aromatic carbocycles. The third-order valence-corrected chi connectivity index (χ3v) is 3.54. The van der Waals surface area contributed by atoms with E-state index in [-0.39, 0.29) is 22.9 Å². The molecule has 2 radical (unpaired) electrons. The van der Waals surface area contributed by atoms with E-state index in [2.05, 4.69) is 5.32 Å². The van der Waals surface area contributed by atoms with E-state index in [0.717, 1.165) is 25.0 Å². The maximum absolute atomic E-state index is 13.2. The Kier molecular flexibility index (Phi) is 3.42. The quantitative estimate of drug-likeness (QED) is 0.439. The Morgan fingerprint density at radius 1 is 1.58 bits per heavy atom. The Balaban J connectivity index is 2.21. The van der Waals surface area contributed by atoms with Crippen LogP contribution in [0.25, 0.3) is 0 Å². The molecule has 0 aliphatic heterocycles. The third kappa shape index (κ3) is 2.66. The van der Waals surface area contributed by atoms with Gasteiger partial charge in [0.05, 0.1) is 19.1 Å². The molecule has 1 aromatic rings. The molecule has 2 unspecified atom stereocenters. The average Bonchev–Trinajstić information content (AvgIpc) is 3.16. The van der Waals surface area contributed by atoms with Gasteiger partial charge in [-0.25, -0.2) is 4.39 Å². The fourth-order valence-corrected chi connectivity index (χ4v) is 2.00. The summed E-state index contributed by atoms with van der Waals surface area (Å²) in [5.74, 6) is -0.965. The van der Waals surface area contributed by atoms with Gasteiger partial charge in [0.1, 0.15) is 23.9 Å². The molecule has 0 bridgehead atoms. The van der Waals surface area contributed by atoms with Crippen molar-refractivity contribution in [3.63, 3.8) is 0 Å². The standard InChI is InChI=1S/C13H14BFN2O2/c1-13(14,8-2-3-8)12(19)17-10-4-7(6-16)9(15)5-11(10)18/h4-5,8,12,17-19H,2-3H2,1H3. The number of hydrogen-bond acceptors (Lipinski definition) is 4. The van der Waals surface area contributed by atoms with Gasteiger partial charge in [-0.1, -0.05) is 19.8 Å². The summed E-state index contributed by atoms with van der Waals surface area (Å²) in [7, 11) is 6.03. The molecule has 19 heavy (non-hydrogen) atoms. The first-order valence-electron chi connectivity index (χ1n) is 6.02. The Morgan fingerprint density at radius 2 is 2.21 bits per heavy atom. The van der Waals surface area contributed by atoms with Gasteiger partial charge < -0.3 is 15.5 Å². The number of aliphatic hydroxyl groups excluding tert-OH is 1. The minimum Gasteiger partial charge on any atom is -0.506 e. The molecule has 0 heterocycles. The van der Waals surface area contributed by atoms with Gasteiger partial charge in [0.2, 0.25) is 0 Å². The van der Waals surface area contributed by atoms with E-state index >= 15 is 0 Å². The van der Waals surface area contributed by atoms with Crippen LogP contribution >= 0.6 is 0 Å². The molecule has 1 aliphatic rings. The van der Waals surface area contributed by atoms with Crippen LogP contribution in [0.3, 0.4) is 0 Å². The molecule has 0 amide bonds. The van der Waals surface area contributed by atoms with Gasteiger partial charge in [0.15, 0.2) is 0 Å². The van der Waals surface area contributed by atoms with E-state index < -0.39 is 17.4 Å². The van der Waals surface area contributed by atoms with Crippen LogP contribution in [0.2, 0.25) is 5.31 Å². The Hall–Kier alpha value is -1.74. The van der Waals surface area contributed by atoms with Crippen molar-refractivity contribution < 1.29 is 14.6 Å². The number of nitrogens with one attached hydrogen (secondary N) is 1. The lowest BCUT2D eigenvalue weighted by atomic mass is 9.65. The maximum atomic E-state index is 13.2. The first-order chi connectivity index (χ1) is 8.86. The van der Waals surface area contributed by atoms with Crippen LogP contribution in [0.5, 0.6) is 5.75 Å². The van der Waals surface area contributed by atoms with E-state index in [1.807, 2.05) is 0 Å². The van der Waals surface area contributed by atoms with E-state index in [1.54, 1.807) is 13.0 Å². The van der Waals surface area contributed by atoms with Crippen molar-refractivity contribution in [3.05, 3.63) is 23.5 Å². The fraction of sp³-hybridized carbons (Fsp3) is 0.462. The Labute approximate surface area is 112 Å². The van der Waals surface area contributed by atoms with Crippen molar-refractivity contribution in [2.24, 2.45) is 5.92 Å².